The van der Waals surface area contributed by atoms with Gasteiger partial charge in [0.2, 0.25) is 5.71 Å². The molecule has 1 aromatic carbocycles. The third-order valence-corrected chi connectivity index (χ3v) is 2.59. The van der Waals surface area contributed by atoms with E-state index in [0.29, 0.717) is 0 Å². The van der Waals surface area contributed by atoms with E-state index in [0.717, 1.165) is 21.3 Å². The largest absolute Gasteiger partial charge is 0.276 e. The van der Waals surface area contributed by atoms with Crippen LogP contribution in [0.2, 0.25) is 0 Å². The topological polar surface area (TPSA) is 72.0 Å². The first-order chi connectivity index (χ1) is 7.58. The lowest BCUT2D eigenvalue weighted by Crippen LogP contribution is -1.99. The second-order valence-corrected chi connectivity index (χ2v) is 4.11. The Morgan fingerprint density at radius 2 is 1.94 bits per heavy atom. The van der Waals surface area contributed by atoms with E-state index in [1.807, 2.05) is 26.0 Å². The van der Waals surface area contributed by atoms with Crippen LogP contribution in [0.15, 0.2) is 21.7 Å². The molecule has 0 unspecified atom stereocenters. The molecule has 0 spiro atoms. The van der Waals surface area contributed by atoms with Crippen molar-refractivity contribution in [3.8, 4) is 12.1 Å². The zero-order valence-corrected chi connectivity index (χ0v) is 10.5. The first-order valence-corrected chi connectivity index (χ1v) is 5.28. The molecule has 0 aliphatic heterocycles. The molecule has 0 atom stereocenters. The minimum Gasteiger partial charge on any atom is -0.276 e. The first kappa shape index (κ1) is 12.2. The zero-order chi connectivity index (χ0) is 12.1. The molecule has 0 aliphatic carbocycles. The van der Waals surface area contributed by atoms with Gasteiger partial charge in [-0.1, -0.05) is 15.9 Å². The van der Waals surface area contributed by atoms with Gasteiger partial charge in [-0.25, -0.2) is 0 Å². The molecule has 5 heteroatoms. The third-order valence-electron chi connectivity index (χ3n) is 2.13. The Bertz CT molecular complexity index is 504. The molecule has 0 fully saturated rings. The van der Waals surface area contributed by atoms with E-state index < -0.39 is 0 Å². The molecule has 0 saturated carbocycles. The van der Waals surface area contributed by atoms with Gasteiger partial charge in [0, 0.05) is 4.47 Å². The van der Waals surface area contributed by atoms with Gasteiger partial charge in [-0.05, 0) is 37.1 Å². The normalized spacial score (nSPS) is 8.81. The summed E-state index contributed by atoms with van der Waals surface area (Å²) in [7, 11) is 0. The van der Waals surface area contributed by atoms with Crippen LogP contribution in [-0.4, -0.2) is 5.71 Å². The quantitative estimate of drug-likeness (QED) is 0.667. The van der Waals surface area contributed by atoms with Crippen molar-refractivity contribution in [1.29, 1.82) is 10.5 Å². The van der Waals surface area contributed by atoms with E-state index in [1.54, 1.807) is 12.1 Å². The summed E-state index contributed by atoms with van der Waals surface area (Å²) in [6.45, 7) is 3.92. The molecule has 0 heterocycles. The van der Waals surface area contributed by atoms with Crippen LogP contribution >= 0.6 is 15.9 Å². The highest BCUT2D eigenvalue weighted by atomic mass is 79.9. The third kappa shape index (κ3) is 2.82. The highest BCUT2D eigenvalue weighted by molar-refractivity contribution is 9.10. The average Bonchev–Trinajstić information content (AvgIpc) is 2.26. The van der Waals surface area contributed by atoms with Crippen LogP contribution < -0.4 is 5.43 Å². The molecular formula is C11H9BrN4. The van der Waals surface area contributed by atoms with E-state index in [4.69, 9.17) is 10.5 Å². The second kappa shape index (κ2) is 5.29. The van der Waals surface area contributed by atoms with Crippen LogP contribution in [0.4, 0.5) is 5.69 Å². The maximum atomic E-state index is 8.53. The molecular weight excluding hydrogens is 268 g/mol. The zero-order valence-electron chi connectivity index (χ0n) is 8.87. The van der Waals surface area contributed by atoms with Gasteiger partial charge in [-0.15, -0.1) is 0 Å². The molecule has 4 nitrogen and oxygen atoms in total. The fourth-order valence-electron chi connectivity index (χ4n) is 1.12. The van der Waals surface area contributed by atoms with Crippen molar-refractivity contribution in [2.24, 2.45) is 5.10 Å². The number of nitrogens with zero attached hydrogens (tertiary/aromatic N) is 3. The standard InChI is InChI=1S/C11H9BrN4/c1-7-3-9(12)4-11(8(7)2)16-15-10(5-13)6-14/h3-4,16H,1-2H3. The highest BCUT2D eigenvalue weighted by Crippen LogP contribution is 2.24. The lowest BCUT2D eigenvalue weighted by molar-refractivity contribution is 1.26. The van der Waals surface area contributed by atoms with Gasteiger partial charge in [-0.2, -0.15) is 15.6 Å². The van der Waals surface area contributed by atoms with Crippen LogP contribution in [0.5, 0.6) is 0 Å². The minimum absolute atomic E-state index is 0.197. The molecule has 16 heavy (non-hydrogen) atoms. The number of hydrogen-bond donors (Lipinski definition) is 1. The molecule has 80 valence electrons. The maximum absolute atomic E-state index is 8.53. The summed E-state index contributed by atoms with van der Waals surface area (Å²) in [4.78, 5) is 0. The Hall–Kier alpha value is -1.85. The van der Waals surface area contributed by atoms with Crippen molar-refractivity contribution in [2.75, 3.05) is 5.43 Å². The molecule has 0 radical (unpaired) electrons. The number of nitrogens with one attached hydrogen (secondary N) is 1. The smallest absolute Gasteiger partial charge is 0.237 e. The van der Waals surface area contributed by atoms with Crippen LogP contribution in [0, 0.1) is 36.5 Å². The van der Waals surface area contributed by atoms with Crippen molar-refractivity contribution in [2.45, 2.75) is 13.8 Å². The molecule has 1 rings (SSSR count). The summed E-state index contributed by atoms with van der Waals surface area (Å²) >= 11 is 3.37. The number of hydrogen-bond acceptors (Lipinski definition) is 4. The van der Waals surface area contributed by atoms with Gasteiger partial charge < -0.3 is 0 Å². The fourth-order valence-corrected chi connectivity index (χ4v) is 1.69. The summed E-state index contributed by atoms with van der Waals surface area (Å²) in [6, 6.07) is 7.20. The van der Waals surface area contributed by atoms with Crippen molar-refractivity contribution < 1.29 is 0 Å². The van der Waals surface area contributed by atoms with E-state index in [9.17, 15) is 0 Å². The first-order valence-electron chi connectivity index (χ1n) is 4.49. The van der Waals surface area contributed by atoms with E-state index in [1.165, 1.54) is 0 Å². The van der Waals surface area contributed by atoms with E-state index in [2.05, 4.69) is 26.5 Å². The van der Waals surface area contributed by atoms with Gasteiger partial charge in [0.05, 0.1) is 5.69 Å². The Kier molecular flexibility index (Phi) is 4.04. The second-order valence-electron chi connectivity index (χ2n) is 3.19. The van der Waals surface area contributed by atoms with Crippen molar-refractivity contribution in [3.63, 3.8) is 0 Å². The number of halogens is 1. The molecule has 0 amide bonds. The number of aryl methyl sites for hydroxylation is 1. The molecule has 1 N–H and O–H groups in total. The predicted molar refractivity (Wildman–Crippen MR) is 65.9 cm³/mol. The van der Waals surface area contributed by atoms with Gasteiger partial charge in [-0.3, -0.25) is 5.43 Å². The van der Waals surface area contributed by atoms with Crippen LogP contribution in [0.25, 0.3) is 0 Å². The predicted octanol–water partition coefficient (Wildman–Crippen LogP) is 2.88. The number of hydrazone groups is 1. The van der Waals surface area contributed by atoms with Crippen LogP contribution in [0.1, 0.15) is 11.1 Å². The summed E-state index contributed by atoms with van der Waals surface area (Å²) in [5, 5.41) is 20.8. The SMILES string of the molecule is Cc1cc(Br)cc(NN=C(C#N)C#N)c1C. The Morgan fingerprint density at radius 3 is 2.50 bits per heavy atom. The van der Waals surface area contributed by atoms with Gasteiger partial charge >= 0.3 is 0 Å². The molecule has 1 aromatic rings. The summed E-state index contributed by atoms with van der Waals surface area (Å²) in [5.74, 6) is 0. The number of benzene rings is 1. The Morgan fingerprint density at radius 1 is 1.31 bits per heavy atom. The Labute approximate surface area is 102 Å². The van der Waals surface area contributed by atoms with Crippen molar-refractivity contribution in [3.05, 3.63) is 27.7 Å². The van der Waals surface area contributed by atoms with Crippen molar-refractivity contribution >= 4 is 27.3 Å². The van der Waals surface area contributed by atoms with Gasteiger partial charge in [0.1, 0.15) is 12.1 Å². The molecule has 0 aromatic heterocycles. The van der Waals surface area contributed by atoms with Crippen LogP contribution in [-0.2, 0) is 0 Å². The highest BCUT2D eigenvalue weighted by Gasteiger charge is 2.03. The minimum atomic E-state index is -0.197. The van der Waals surface area contributed by atoms with Gasteiger partial charge in [0.25, 0.3) is 0 Å². The number of rotatable bonds is 2. The summed E-state index contributed by atoms with van der Waals surface area (Å²) in [5.41, 5.74) is 5.41. The van der Waals surface area contributed by atoms with Crippen LogP contribution in [0.3, 0.4) is 0 Å². The molecule has 0 bridgehead atoms. The van der Waals surface area contributed by atoms with Crippen molar-refractivity contribution in [1.82, 2.24) is 0 Å². The lowest BCUT2D eigenvalue weighted by Gasteiger charge is -2.08. The van der Waals surface area contributed by atoms with E-state index >= 15 is 0 Å². The Balaban J connectivity index is 3.05. The van der Waals surface area contributed by atoms with Gasteiger partial charge in [0.15, 0.2) is 0 Å². The monoisotopic (exact) mass is 276 g/mol. The number of anilines is 1. The molecule has 0 saturated heterocycles. The summed E-state index contributed by atoms with van der Waals surface area (Å²) < 4.78 is 0.920. The summed E-state index contributed by atoms with van der Waals surface area (Å²) in [6.07, 6.45) is 0. The molecule has 0 aliphatic rings. The maximum Gasteiger partial charge on any atom is 0.237 e. The van der Waals surface area contributed by atoms with E-state index in [-0.39, 0.29) is 5.71 Å². The number of nitriles is 2. The fraction of sp³-hybridized carbons (Fsp3) is 0.182. The average molecular weight is 277 g/mol. The lowest BCUT2D eigenvalue weighted by atomic mass is 10.1.